The number of hydrogen-bond acceptors (Lipinski definition) is 4. The van der Waals surface area contributed by atoms with Gasteiger partial charge in [-0.1, -0.05) is 29.8 Å². The summed E-state index contributed by atoms with van der Waals surface area (Å²) in [6.45, 7) is 4.95. The number of ether oxygens (including phenoxy) is 1. The smallest absolute Gasteiger partial charge is 0.303 e. The van der Waals surface area contributed by atoms with Gasteiger partial charge in [0.1, 0.15) is 13.1 Å². The van der Waals surface area contributed by atoms with Crippen molar-refractivity contribution >= 4 is 12.1 Å². The lowest BCUT2D eigenvalue weighted by molar-refractivity contribution is -0.929. The highest BCUT2D eigenvalue weighted by Crippen LogP contribution is 2.09. The molecule has 25 heavy (non-hydrogen) atoms. The minimum Gasteiger partial charge on any atom is -0.370 e. The van der Waals surface area contributed by atoms with Gasteiger partial charge in [0.05, 0.1) is 19.4 Å². The number of aryl methyl sites for hydroxylation is 1. The maximum Gasteiger partial charge on any atom is 0.303 e. The predicted octanol–water partition coefficient (Wildman–Crippen LogP) is 0.497. The van der Waals surface area contributed by atoms with E-state index in [2.05, 4.69) is 15.5 Å². The minimum absolute atomic E-state index is 0.119. The summed E-state index contributed by atoms with van der Waals surface area (Å²) < 4.78 is 5.42. The van der Waals surface area contributed by atoms with E-state index >= 15 is 0 Å². The van der Waals surface area contributed by atoms with E-state index in [1.807, 2.05) is 43.3 Å². The third-order valence-corrected chi connectivity index (χ3v) is 4.31. The van der Waals surface area contributed by atoms with Crippen LogP contribution in [0.5, 0.6) is 0 Å². The average molecular weight is 339 g/mol. The predicted molar refractivity (Wildman–Crippen MR) is 95.4 cm³/mol. The summed E-state index contributed by atoms with van der Waals surface area (Å²) in [4.78, 5) is 18.0. The van der Waals surface area contributed by atoms with Crippen LogP contribution in [0.15, 0.2) is 53.9 Å². The zero-order valence-electron chi connectivity index (χ0n) is 14.3. The van der Waals surface area contributed by atoms with Crippen molar-refractivity contribution in [2.75, 3.05) is 26.3 Å². The van der Waals surface area contributed by atoms with Crippen LogP contribution in [-0.4, -0.2) is 43.4 Å². The number of pyridine rings is 1. The molecule has 0 radical (unpaired) electrons. The molecule has 0 bridgehead atoms. The molecule has 1 aliphatic rings. The Morgan fingerprint density at radius 2 is 1.88 bits per heavy atom. The molecule has 6 nitrogen and oxygen atoms in total. The molecular formula is C19H23N4O2+. The Morgan fingerprint density at radius 3 is 2.56 bits per heavy atom. The fraction of sp³-hybridized carbons (Fsp3) is 0.316. The number of carbonyl (C=O) groups is 1. The second-order valence-corrected chi connectivity index (χ2v) is 6.13. The van der Waals surface area contributed by atoms with E-state index in [9.17, 15) is 4.79 Å². The molecule has 130 valence electrons. The first kappa shape index (κ1) is 17.3. The molecule has 0 spiro atoms. The molecule has 6 heteroatoms. The number of carbonyl (C=O) groups excluding carboxylic acids is 1. The first-order valence-electron chi connectivity index (χ1n) is 8.46. The van der Waals surface area contributed by atoms with Crippen molar-refractivity contribution in [3.63, 3.8) is 0 Å². The summed E-state index contributed by atoms with van der Waals surface area (Å²) in [7, 11) is 0. The quantitative estimate of drug-likeness (QED) is 0.616. The zero-order valence-corrected chi connectivity index (χ0v) is 14.3. The molecular weight excluding hydrogens is 316 g/mol. The number of nitrogens with one attached hydrogen (secondary N) is 2. The fourth-order valence-corrected chi connectivity index (χ4v) is 2.94. The Labute approximate surface area is 147 Å². The van der Waals surface area contributed by atoms with Crippen LogP contribution in [0, 0.1) is 6.92 Å². The number of hydrazone groups is 1. The number of quaternary nitrogens is 1. The van der Waals surface area contributed by atoms with E-state index in [0.29, 0.717) is 13.2 Å². The summed E-state index contributed by atoms with van der Waals surface area (Å²) in [5.74, 6) is -0.119. The Kier molecular flexibility index (Phi) is 5.87. The number of benzene rings is 1. The number of amides is 1. The lowest BCUT2D eigenvalue weighted by atomic mass is 10.1. The minimum atomic E-state index is -0.318. The number of nitrogens with zero attached hydrogens (tertiary/aromatic N) is 2. The molecule has 1 saturated heterocycles. The zero-order chi connectivity index (χ0) is 17.5. The van der Waals surface area contributed by atoms with Crippen LogP contribution in [0.25, 0.3) is 0 Å². The van der Waals surface area contributed by atoms with Crippen LogP contribution >= 0.6 is 0 Å². The van der Waals surface area contributed by atoms with Crippen molar-refractivity contribution in [2.45, 2.75) is 13.0 Å². The van der Waals surface area contributed by atoms with Crippen molar-refractivity contribution in [1.29, 1.82) is 0 Å². The molecule has 1 amide bonds. The molecule has 2 N–H and O–H groups in total. The number of hydrogen-bond donors (Lipinski definition) is 2. The highest BCUT2D eigenvalue weighted by Gasteiger charge is 2.32. The van der Waals surface area contributed by atoms with Gasteiger partial charge in [0, 0.05) is 18.0 Å². The van der Waals surface area contributed by atoms with Gasteiger partial charge in [0.25, 0.3) is 0 Å². The van der Waals surface area contributed by atoms with Crippen molar-refractivity contribution in [3.8, 4) is 0 Å². The van der Waals surface area contributed by atoms with Gasteiger partial charge >= 0.3 is 5.91 Å². The van der Waals surface area contributed by atoms with E-state index < -0.39 is 0 Å². The summed E-state index contributed by atoms with van der Waals surface area (Å²) in [5.41, 5.74) is 5.77. The van der Waals surface area contributed by atoms with Crippen molar-refractivity contribution in [1.82, 2.24) is 10.4 Å². The lowest BCUT2D eigenvalue weighted by Crippen LogP contribution is -3.15. The van der Waals surface area contributed by atoms with Crippen LogP contribution in [-0.2, 0) is 9.53 Å². The lowest BCUT2D eigenvalue weighted by Gasteiger charge is -2.30. The van der Waals surface area contributed by atoms with E-state index in [0.717, 1.165) is 24.2 Å². The van der Waals surface area contributed by atoms with Gasteiger partial charge in [-0.2, -0.15) is 5.10 Å². The Bertz CT molecular complexity index is 710. The first-order chi connectivity index (χ1) is 12.2. The van der Waals surface area contributed by atoms with Gasteiger partial charge in [-0.15, -0.1) is 0 Å². The maximum absolute atomic E-state index is 12.8. The van der Waals surface area contributed by atoms with Gasteiger partial charge < -0.3 is 9.64 Å². The molecule has 3 rings (SSSR count). The summed E-state index contributed by atoms with van der Waals surface area (Å²) in [5, 5.41) is 4.13. The Morgan fingerprint density at radius 1 is 1.20 bits per heavy atom. The van der Waals surface area contributed by atoms with Crippen LogP contribution in [0.4, 0.5) is 0 Å². The molecule has 1 fully saturated rings. The van der Waals surface area contributed by atoms with E-state index in [4.69, 9.17) is 4.74 Å². The Hall–Kier alpha value is -2.57. The largest absolute Gasteiger partial charge is 0.370 e. The van der Waals surface area contributed by atoms with Crippen molar-refractivity contribution < 1.29 is 14.4 Å². The molecule has 1 atom stereocenters. The molecule has 0 unspecified atom stereocenters. The molecule has 2 heterocycles. The normalized spacial score (nSPS) is 16.7. The highest BCUT2D eigenvalue weighted by molar-refractivity contribution is 5.84. The third-order valence-electron chi connectivity index (χ3n) is 4.31. The number of aromatic nitrogens is 1. The maximum atomic E-state index is 12.8. The van der Waals surface area contributed by atoms with E-state index in [1.165, 1.54) is 10.5 Å². The van der Waals surface area contributed by atoms with Gasteiger partial charge in [0.2, 0.25) is 0 Å². The topological polar surface area (TPSA) is 68.0 Å². The third kappa shape index (κ3) is 4.71. The molecule has 1 aromatic heterocycles. The van der Waals surface area contributed by atoms with Crippen LogP contribution in [0.3, 0.4) is 0 Å². The first-order valence-corrected chi connectivity index (χ1v) is 8.46. The molecule has 0 aliphatic carbocycles. The average Bonchev–Trinajstić information content (AvgIpc) is 2.65. The standard InChI is InChI=1S/C19H22N4O2/c1-15-2-4-16(5-3-15)14-21-22-19(24)18(17-6-8-20-9-7-17)23-10-12-25-13-11-23/h2-9,14,18H,10-13H2,1H3,(H,22,24)/p+1/b21-14-/t18-/m0/s1. The monoisotopic (exact) mass is 339 g/mol. The Balaban J connectivity index is 1.71. The SMILES string of the molecule is Cc1ccc(/C=N\NC(=O)[C@H](c2ccncc2)[NH+]2CCOCC2)cc1. The van der Waals surface area contributed by atoms with Gasteiger partial charge in [-0.3, -0.25) is 9.78 Å². The van der Waals surface area contributed by atoms with Crippen LogP contribution < -0.4 is 10.3 Å². The van der Waals surface area contributed by atoms with Gasteiger partial charge in [-0.05, 0) is 24.6 Å². The summed E-state index contributed by atoms with van der Waals surface area (Å²) in [6.07, 6.45) is 5.09. The van der Waals surface area contributed by atoms with Gasteiger partial charge in [-0.25, -0.2) is 5.43 Å². The summed E-state index contributed by atoms with van der Waals surface area (Å²) in [6, 6.07) is 11.4. The van der Waals surface area contributed by atoms with Crippen molar-refractivity contribution in [2.24, 2.45) is 5.10 Å². The molecule has 1 aromatic carbocycles. The van der Waals surface area contributed by atoms with Crippen LogP contribution in [0.1, 0.15) is 22.7 Å². The van der Waals surface area contributed by atoms with Crippen LogP contribution in [0.2, 0.25) is 0 Å². The second-order valence-electron chi connectivity index (χ2n) is 6.13. The summed E-state index contributed by atoms with van der Waals surface area (Å²) >= 11 is 0. The molecule has 2 aromatic rings. The second kappa shape index (κ2) is 8.50. The van der Waals surface area contributed by atoms with E-state index in [-0.39, 0.29) is 11.9 Å². The highest BCUT2D eigenvalue weighted by atomic mass is 16.5. The van der Waals surface area contributed by atoms with Crippen molar-refractivity contribution in [3.05, 3.63) is 65.5 Å². The molecule has 1 aliphatic heterocycles. The number of morpholine rings is 1. The molecule has 0 saturated carbocycles. The number of rotatable bonds is 5. The fourth-order valence-electron chi connectivity index (χ4n) is 2.94. The van der Waals surface area contributed by atoms with Gasteiger partial charge in [0.15, 0.2) is 6.04 Å². The van der Waals surface area contributed by atoms with E-state index in [1.54, 1.807) is 18.6 Å².